The van der Waals surface area contributed by atoms with Gasteiger partial charge in [-0.25, -0.2) is 0 Å². The molecule has 0 atom stereocenters. The second-order valence-corrected chi connectivity index (χ2v) is 43.2. The monoisotopic (exact) mass is 1350 g/mol. The van der Waals surface area contributed by atoms with Gasteiger partial charge in [0.25, 0.3) is 0 Å². The van der Waals surface area contributed by atoms with Crippen molar-refractivity contribution >= 4 is 42.9 Å². The van der Waals surface area contributed by atoms with Crippen LogP contribution in [0.2, 0.25) is 72.5 Å². The molecule has 0 aliphatic rings. The fourth-order valence-electron chi connectivity index (χ4n) is 13.7. The van der Waals surface area contributed by atoms with Crippen LogP contribution in [0.5, 0.6) is 17.2 Å². The van der Waals surface area contributed by atoms with E-state index in [0.29, 0.717) is 67.3 Å². The highest BCUT2D eigenvalue weighted by molar-refractivity contribution is 6.80. The Hall–Kier alpha value is -6.64. The highest BCUT2D eigenvalue weighted by atomic mass is 28.3. The van der Waals surface area contributed by atoms with Crippen molar-refractivity contribution in [3.63, 3.8) is 0 Å². The number of rotatable bonds is 42. The van der Waals surface area contributed by atoms with Crippen LogP contribution in [0.15, 0.2) is 142 Å². The van der Waals surface area contributed by atoms with E-state index in [0.717, 1.165) is 89.0 Å². The van der Waals surface area contributed by atoms with E-state index in [1.165, 1.54) is 72.5 Å². The van der Waals surface area contributed by atoms with Crippen LogP contribution < -0.4 is 14.2 Å². The molecule has 516 valence electrons. The Morgan fingerprint density at radius 2 is 0.490 bits per heavy atom. The zero-order valence-electron chi connectivity index (χ0n) is 59.2. The van der Waals surface area contributed by atoms with Crippen molar-refractivity contribution < 1.29 is 44.8 Å². The molecule has 0 saturated carbocycles. The standard InChI is InChI=1S/C81H111N3O9Si3/c1-10-94(11-2,12-3)37-19-34-82-49-61-22-28-64(29-23-61)58-91-79-73(52-85)43-70(44-74(79)53-86)67-40-68(71-45-75(54-87)80(76(46-71)55-88)92-59-65-30-24-62(25-31-65)50-83-35-20-38-95(13-4,14-5)15-6)42-69(41-67)72-47-77(56-89)81(78(48-72)57-90)93-60-66-32-26-63(27-33-66)51-84-36-21-39-96(16-7,17-8)18-9/h22-33,40-51,85-90H,10-21,34-39,52-60H2,1-9H3. The number of aliphatic imine (C=N–C) groups is 3. The average molecular weight is 1360 g/mol. The molecule has 0 fully saturated rings. The number of nitrogens with zero attached hydrogens (tertiary/aromatic N) is 3. The second kappa shape index (κ2) is 39.1. The van der Waals surface area contributed by atoms with Gasteiger partial charge in [0.1, 0.15) is 37.1 Å². The van der Waals surface area contributed by atoms with E-state index in [1.54, 1.807) is 0 Å². The molecule has 0 saturated heterocycles. The number of hydrogen-bond acceptors (Lipinski definition) is 12. The second-order valence-electron chi connectivity index (χ2n) is 26.3. The van der Waals surface area contributed by atoms with Crippen LogP contribution >= 0.6 is 0 Å². The Morgan fingerprint density at radius 1 is 0.292 bits per heavy atom. The van der Waals surface area contributed by atoms with Gasteiger partial charge in [-0.05, 0) is 141 Å². The Kier molecular flexibility index (Phi) is 31.2. The van der Waals surface area contributed by atoms with Gasteiger partial charge in [0.2, 0.25) is 0 Å². The summed E-state index contributed by atoms with van der Waals surface area (Å²) in [7, 11) is -3.50. The van der Waals surface area contributed by atoms with Crippen LogP contribution in [0.4, 0.5) is 0 Å². The van der Waals surface area contributed by atoms with Gasteiger partial charge in [0.05, 0.1) is 63.9 Å². The van der Waals surface area contributed by atoms with Gasteiger partial charge >= 0.3 is 0 Å². The molecule has 7 aromatic rings. The third-order valence-electron chi connectivity index (χ3n) is 21.2. The third-order valence-corrected chi connectivity index (χ3v) is 39.0. The molecule has 96 heavy (non-hydrogen) atoms. The quantitative estimate of drug-likeness (QED) is 0.0123. The largest absolute Gasteiger partial charge is 0.488 e. The van der Waals surface area contributed by atoms with Gasteiger partial charge in [0.15, 0.2) is 0 Å². The topological polar surface area (TPSA) is 186 Å². The molecule has 0 aliphatic heterocycles. The smallest absolute Gasteiger partial charge is 0.130 e. The van der Waals surface area contributed by atoms with E-state index in [2.05, 4.69) is 62.3 Å². The van der Waals surface area contributed by atoms with Gasteiger partial charge < -0.3 is 44.8 Å². The first kappa shape index (κ1) is 76.7. The molecule has 0 aromatic heterocycles. The van der Waals surface area contributed by atoms with Gasteiger partial charge in [-0.15, -0.1) is 0 Å². The molecular weight excluding hydrogens is 1240 g/mol. The van der Waals surface area contributed by atoms with Crippen LogP contribution in [0.1, 0.15) is 148 Å². The highest BCUT2D eigenvalue weighted by Crippen LogP contribution is 2.41. The number of ether oxygens (including phenoxy) is 3. The van der Waals surface area contributed by atoms with E-state index in [4.69, 9.17) is 29.2 Å². The summed E-state index contributed by atoms with van der Waals surface area (Å²) in [5.41, 5.74) is 12.9. The molecule has 0 spiro atoms. The normalized spacial score (nSPS) is 12.3. The van der Waals surface area contributed by atoms with E-state index < -0.39 is 24.2 Å². The van der Waals surface area contributed by atoms with Crippen LogP contribution in [-0.2, 0) is 59.5 Å². The minimum Gasteiger partial charge on any atom is -0.488 e. The first-order chi connectivity index (χ1) is 46.7. The lowest BCUT2D eigenvalue weighted by molar-refractivity contribution is 0.242. The molecule has 0 bridgehead atoms. The van der Waals surface area contributed by atoms with Crippen LogP contribution in [0.25, 0.3) is 33.4 Å². The van der Waals surface area contributed by atoms with Crippen molar-refractivity contribution in [3.8, 4) is 50.6 Å². The van der Waals surface area contributed by atoms with Crippen LogP contribution in [0.3, 0.4) is 0 Å². The minimum absolute atomic E-state index is 0.204. The summed E-state index contributed by atoms with van der Waals surface area (Å²) in [6.07, 6.45) is 9.20. The van der Waals surface area contributed by atoms with Crippen molar-refractivity contribution in [1.82, 2.24) is 0 Å². The first-order valence-electron chi connectivity index (χ1n) is 35.7. The molecule has 0 amide bonds. The molecule has 7 aromatic carbocycles. The predicted molar refractivity (Wildman–Crippen MR) is 408 cm³/mol. The van der Waals surface area contributed by atoms with Crippen molar-refractivity contribution in [3.05, 3.63) is 194 Å². The fourth-order valence-corrected chi connectivity index (χ4v) is 24.1. The Bertz CT molecular complexity index is 3110. The number of aliphatic hydroxyl groups excluding tert-OH is 6. The number of aliphatic hydroxyl groups is 6. The van der Waals surface area contributed by atoms with Gasteiger partial charge in [-0.2, -0.15) is 0 Å². The molecular formula is C81H111N3O9Si3. The van der Waals surface area contributed by atoms with E-state index in [-0.39, 0.29) is 59.5 Å². The minimum atomic E-state index is -1.17. The van der Waals surface area contributed by atoms with Crippen molar-refractivity contribution in [1.29, 1.82) is 0 Å². The van der Waals surface area contributed by atoms with E-state index in [9.17, 15) is 30.6 Å². The molecule has 0 radical (unpaired) electrons. The van der Waals surface area contributed by atoms with E-state index >= 15 is 0 Å². The van der Waals surface area contributed by atoms with Crippen molar-refractivity contribution in [2.75, 3.05) is 19.6 Å². The summed E-state index contributed by atoms with van der Waals surface area (Å²) in [5.74, 6) is 1.18. The van der Waals surface area contributed by atoms with Crippen molar-refractivity contribution in [2.45, 2.75) is 214 Å². The highest BCUT2D eigenvalue weighted by Gasteiger charge is 2.28. The maximum absolute atomic E-state index is 11.0. The van der Waals surface area contributed by atoms with E-state index in [1.807, 2.05) is 146 Å². The summed E-state index contributed by atoms with van der Waals surface area (Å²) in [6, 6.07) is 57.4. The van der Waals surface area contributed by atoms with Crippen LogP contribution in [-0.4, -0.2) is 93.1 Å². The molecule has 0 aliphatic carbocycles. The van der Waals surface area contributed by atoms with Gasteiger partial charge in [-0.3, -0.25) is 15.0 Å². The van der Waals surface area contributed by atoms with Crippen molar-refractivity contribution in [2.24, 2.45) is 15.0 Å². The maximum Gasteiger partial charge on any atom is 0.130 e. The molecule has 7 rings (SSSR count). The Labute approximate surface area is 577 Å². The molecule has 0 unspecified atom stereocenters. The summed E-state index contributed by atoms with van der Waals surface area (Å²) in [5, 5.41) is 66.2. The molecule has 15 heteroatoms. The lowest BCUT2D eigenvalue weighted by Crippen LogP contribution is -2.31. The molecule has 12 nitrogen and oxygen atoms in total. The average Bonchev–Trinajstić information content (AvgIpc) is 0.778. The summed E-state index contributed by atoms with van der Waals surface area (Å²) < 4.78 is 19.4. The van der Waals surface area contributed by atoms with Gasteiger partial charge in [0, 0.05) is 71.7 Å². The Balaban J connectivity index is 1.17. The zero-order chi connectivity index (χ0) is 68.9. The van der Waals surface area contributed by atoms with Gasteiger partial charge in [-0.1, -0.05) is 208 Å². The maximum atomic E-state index is 11.0. The fraction of sp³-hybridized carbons (Fsp3) is 0.444. The lowest BCUT2D eigenvalue weighted by atomic mass is 9.89. The third kappa shape index (κ3) is 20.9. The Morgan fingerprint density at radius 3 is 0.677 bits per heavy atom. The van der Waals surface area contributed by atoms with Crippen LogP contribution in [0, 0.1) is 0 Å². The first-order valence-corrected chi connectivity index (χ1v) is 44.1. The number of hydrogen-bond donors (Lipinski definition) is 6. The molecule has 0 heterocycles. The summed E-state index contributed by atoms with van der Waals surface area (Å²) in [6.45, 7) is 22.1. The number of benzene rings is 7. The lowest BCUT2D eigenvalue weighted by Gasteiger charge is -2.27. The zero-order valence-corrected chi connectivity index (χ0v) is 62.2. The summed E-state index contributed by atoms with van der Waals surface area (Å²) >= 11 is 0. The summed E-state index contributed by atoms with van der Waals surface area (Å²) in [4.78, 5) is 14.3. The predicted octanol–water partition coefficient (Wildman–Crippen LogP) is 18.3. The SMILES string of the molecule is CC[Si](CC)(CC)CCCN=Cc1ccc(COc2c(CO)cc(-c3cc(-c4cc(CO)c(OCc5ccc(C=NCCC[Si](CC)(CC)CC)cc5)c(CO)c4)cc(-c4cc(CO)c(OCc5ccc(C=NCCC[Si](CC)(CC)CC)cc5)c(CO)c4)c3)cc2CO)cc1. The molecule has 6 N–H and O–H groups in total.